The lowest BCUT2D eigenvalue weighted by Gasteiger charge is -2.32. The largest absolute Gasteiger partial charge is 0.331 e. The lowest BCUT2D eigenvalue weighted by Crippen LogP contribution is -2.40. The maximum atomic E-state index is 13.4. The number of carbonyl (C=O) groups excluding carboxylic acids is 1. The van der Waals surface area contributed by atoms with Crippen molar-refractivity contribution in [3.63, 3.8) is 0 Å². The number of rotatable bonds is 9. The molecule has 0 aliphatic carbocycles. The molecule has 4 heteroatoms. The average Bonchev–Trinajstić information content (AvgIpc) is 2.69. The fourth-order valence-corrected chi connectivity index (χ4v) is 3.67. The van der Waals surface area contributed by atoms with Crippen LogP contribution in [0.5, 0.6) is 0 Å². The summed E-state index contributed by atoms with van der Waals surface area (Å²) in [6.07, 6.45) is 3.82. The van der Waals surface area contributed by atoms with Crippen molar-refractivity contribution < 1.29 is 9.36 Å². The first-order valence-electron chi connectivity index (χ1n) is 9.39. The first kappa shape index (κ1) is 20.2. The van der Waals surface area contributed by atoms with Gasteiger partial charge in [-0.15, -0.1) is 0 Å². The topological polar surface area (TPSA) is 37.4 Å². The molecule has 2 unspecified atom stereocenters. The van der Waals surface area contributed by atoms with Gasteiger partial charge in [-0.05, 0) is 24.0 Å². The molecule has 0 bridgehead atoms. The number of unbranched alkanes of at least 4 members (excludes halogenated alkanes) is 1. The van der Waals surface area contributed by atoms with E-state index in [4.69, 9.17) is 0 Å². The van der Waals surface area contributed by atoms with Crippen LogP contribution in [0.4, 0.5) is 0 Å². The Morgan fingerprint density at radius 3 is 2.12 bits per heavy atom. The maximum absolute atomic E-state index is 13.4. The van der Waals surface area contributed by atoms with Gasteiger partial charge in [0.25, 0.3) is 5.91 Å². The molecule has 0 spiro atoms. The minimum absolute atomic E-state index is 0.00955. The molecule has 0 aliphatic heterocycles. The van der Waals surface area contributed by atoms with Gasteiger partial charge in [0.2, 0.25) is 0 Å². The van der Waals surface area contributed by atoms with Crippen LogP contribution in [0, 0.1) is 0 Å². The van der Waals surface area contributed by atoms with Crippen LogP contribution >= 0.6 is 8.08 Å². The molecular weight excluding hydrogens is 341 g/mol. The SMILES string of the molecule is CCCCN(C(=O)C(=[PH]=O)c1ccccc1)C(CCC)c1ccccc1. The van der Waals surface area contributed by atoms with Crippen molar-refractivity contribution in [3.05, 3.63) is 71.8 Å². The molecule has 0 fully saturated rings. The summed E-state index contributed by atoms with van der Waals surface area (Å²) >= 11 is 0. The predicted molar refractivity (Wildman–Crippen MR) is 110 cm³/mol. The van der Waals surface area contributed by atoms with E-state index < -0.39 is 8.08 Å². The molecule has 2 aromatic carbocycles. The van der Waals surface area contributed by atoms with Gasteiger partial charge in [0, 0.05) is 6.54 Å². The van der Waals surface area contributed by atoms with Crippen LogP contribution in [0.25, 0.3) is 0 Å². The van der Waals surface area contributed by atoms with Crippen molar-refractivity contribution in [2.75, 3.05) is 6.54 Å². The summed E-state index contributed by atoms with van der Waals surface area (Å²) in [5.74, 6) is -0.111. The van der Waals surface area contributed by atoms with Gasteiger partial charge in [0.05, 0.1) is 14.1 Å². The van der Waals surface area contributed by atoms with Gasteiger partial charge in [0.15, 0.2) is 0 Å². The minimum Gasteiger partial charge on any atom is -0.331 e. The summed E-state index contributed by atoms with van der Waals surface area (Å²) in [4.78, 5) is 15.3. The van der Waals surface area contributed by atoms with Gasteiger partial charge < -0.3 is 4.90 Å². The maximum Gasteiger partial charge on any atom is 0.261 e. The van der Waals surface area contributed by atoms with Crippen molar-refractivity contribution in [1.82, 2.24) is 4.90 Å². The molecule has 138 valence electrons. The van der Waals surface area contributed by atoms with E-state index in [9.17, 15) is 9.36 Å². The Kier molecular flexibility index (Phi) is 8.37. The highest BCUT2D eigenvalue weighted by Gasteiger charge is 2.27. The Morgan fingerprint density at radius 1 is 0.962 bits per heavy atom. The molecule has 0 saturated heterocycles. The average molecular weight is 369 g/mol. The number of hydrogen-bond donors (Lipinski definition) is 0. The molecule has 1 amide bonds. The van der Waals surface area contributed by atoms with Gasteiger partial charge in [-0.3, -0.25) is 9.36 Å². The number of amides is 1. The number of carbonyl (C=O) groups is 1. The highest BCUT2D eigenvalue weighted by atomic mass is 31.0. The smallest absolute Gasteiger partial charge is 0.261 e. The van der Waals surface area contributed by atoms with Gasteiger partial charge in [-0.2, -0.15) is 0 Å². The van der Waals surface area contributed by atoms with E-state index in [1.807, 2.05) is 53.4 Å². The molecule has 0 radical (unpaired) electrons. The molecule has 3 nitrogen and oxygen atoms in total. The zero-order valence-corrected chi connectivity index (χ0v) is 16.7. The highest BCUT2D eigenvalue weighted by Crippen LogP contribution is 2.27. The molecule has 0 saturated carbocycles. The van der Waals surface area contributed by atoms with E-state index in [-0.39, 0.29) is 11.9 Å². The normalized spacial score (nSPS) is 11.9. The molecule has 0 aromatic heterocycles. The van der Waals surface area contributed by atoms with Crippen LogP contribution in [0.15, 0.2) is 60.7 Å². The van der Waals surface area contributed by atoms with E-state index in [0.717, 1.165) is 36.8 Å². The van der Waals surface area contributed by atoms with Crippen LogP contribution < -0.4 is 0 Å². The number of hydrogen-bond acceptors (Lipinski definition) is 2. The predicted octanol–water partition coefficient (Wildman–Crippen LogP) is 5.40. The van der Waals surface area contributed by atoms with Gasteiger partial charge in [-0.1, -0.05) is 87.4 Å². The molecule has 0 aliphatic rings. The first-order chi connectivity index (χ1) is 12.7. The molecule has 2 aromatic rings. The fourth-order valence-electron chi connectivity index (χ4n) is 3.15. The lowest BCUT2D eigenvalue weighted by atomic mass is 9.99. The third kappa shape index (κ3) is 5.19. The third-order valence-corrected chi connectivity index (χ3v) is 5.22. The molecule has 2 atom stereocenters. The molecule has 2 rings (SSSR count). The van der Waals surface area contributed by atoms with Gasteiger partial charge in [0.1, 0.15) is 5.29 Å². The van der Waals surface area contributed by atoms with E-state index in [0.29, 0.717) is 11.8 Å². The standard InChI is InChI=1S/C22H28NO2P/c1-3-5-17-23(20(12-4-2)18-13-8-6-9-14-18)22(24)21(26-25)19-15-10-7-11-16-19/h6-11,13-16,20,26H,3-5,12,17H2,1-2H3. The van der Waals surface area contributed by atoms with Gasteiger partial charge in [-0.25, -0.2) is 0 Å². The Labute approximate surface area is 157 Å². The van der Waals surface area contributed by atoms with E-state index >= 15 is 0 Å². The minimum atomic E-state index is -0.768. The Morgan fingerprint density at radius 2 is 1.58 bits per heavy atom. The quantitative estimate of drug-likeness (QED) is 0.555. The monoisotopic (exact) mass is 369 g/mol. The number of benzene rings is 2. The summed E-state index contributed by atoms with van der Waals surface area (Å²) in [6.45, 7) is 4.93. The van der Waals surface area contributed by atoms with Crippen LogP contribution in [0.3, 0.4) is 0 Å². The van der Waals surface area contributed by atoms with Gasteiger partial charge >= 0.3 is 0 Å². The van der Waals surface area contributed by atoms with Crippen LogP contribution in [0.2, 0.25) is 0 Å². The van der Waals surface area contributed by atoms with Crippen molar-refractivity contribution in [2.45, 2.75) is 45.6 Å². The second-order valence-electron chi connectivity index (χ2n) is 6.41. The Hall–Kier alpha value is -2.12. The summed E-state index contributed by atoms with van der Waals surface area (Å²) in [5, 5.41) is 0.388. The Balaban J connectivity index is 2.40. The fraction of sp³-hybridized carbons (Fsp3) is 0.364. The zero-order valence-electron chi connectivity index (χ0n) is 15.7. The lowest BCUT2D eigenvalue weighted by molar-refractivity contribution is -0.126. The molecule has 26 heavy (non-hydrogen) atoms. The van der Waals surface area contributed by atoms with E-state index in [1.54, 1.807) is 0 Å². The third-order valence-electron chi connectivity index (χ3n) is 4.51. The van der Waals surface area contributed by atoms with E-state index in [1.165, 1.54) is 0 Å². The van der Waals surface area contributed by atoms with Crippen LogP contribution in [-0.2, 0) is 9.36 Å². The van der Waals surface area contributed by atoms with Crippen LogP contribution in [0.1, 0.15) is 56.7 Å². The van der Waals surface area contributed by atoms with Crippen molar-refractivity contribution in [2.24, 2.45) is 0 Å². The molecule has 0 heterocycles. The summed E-state index contributed by atoms with van der Waals surface area (Å²) in [5.41, 5.74) is 1.89. The van der Waals surface area contributed by atoms with Crippen molar-refractivity contribution in [1.29, 1.82) is 0 Å². The zero-order chi connectivity index (χ0) is 18.8. The first-order valence-corrected chi connectivity index (χ1v) is 10.3. The molecule has 0 N–H and O–H groups in total. The summed E-state index contributed by atoms with van der Waals surface area (Å²) < 4.78 is 11.9. The summed E-state index contributed by atoms with van der Waals surface area (Å²) in [7, 11) is -0.768. The second kappa shape index (κ2) is 10.8. The Bertz CT molecular complexity index is 739. The van der Waals surface area contributed by atoms with Crippen molar-refractivity contribution >= 4 is 19.3 Å². The highest BCUT2D eigenvalue weighted by molar-refractivity contribution is 7.32. The van der Waals surface area contributed by atoms with E-state index in [2.05, 4.69) is 26.0 Å². The van der Waals surface area contributed by atoms with Crippen LogP contribution in [-0.4, -0.2) is 22.6 Å². The summed E-state index contributed by atoms with van der Waals surface area (Å²) in [6, 6.07) is 19.5. The second-order valence-corrected chi connectivity index (χ2v) is 7.11. The van der Waals surface area contributed by atoms with Crippen molar-refractivity contribution in [3.8, 4) is 0 Å². The molecular formula is C22H28NO2P. The number of nitrogens with zero attached hydrogens (tertiary/aromatic N) is 1.